The van der Waals surface area contributed by atoms with E-state index in [-0.39, 0.29) is 5.91 Å². The van der Waals surface area contributed by atoms with E-state index in [0.717, 1.165) is 17.7 Å². The summed E-state index contributed by atoms with van der Waals surface area (Å²) in [5.74, 6) is 0.877. The zero-order valence-electron chi connectivity index (χ0n) is 18.0. The van der Waals surface area contributed by atoms with Crippen molar-refractivity contribution in [2.75, 3.05) is 31.0 Å². The molecule has 0 fully saturated rings. The number of hydrogen-bond donors (Lipinski definition) is 2. The quantitative estimate of drug-likeness (QED) is 0.614. The molecule has 0 unspecified atom stereocenters. The molecule has 1 aliphatic rings. The highest BCUT2D eigenvalue weighted by molar-refractivity contribution is 6.02. The zero-order valence-corrected chi connectivity index (χ0v) is 18.0. The fourth-order valence-electron chi connectivity index (χ4n) is 3.87. The van der Waals surface area contributed by atoms with Gasteiger partial charge in [-0.1, -0.05) is 48.5 Å². The molecule has 0 bridgehead atoms. The summed E-state index contributed by atoms with van der Waals surface area (Å²) in [5, 5.41) is 5.62. The van der Waals surface area contributed by atoms with E-state index in [0.29, 0.717) is 29.3 Å². The Labute approximate surface area is 187 Å². The lowest BCUT2D eigenvalue weighted by Gasteiger charge is -2.25. The molecule has 164 valence electrons. The highest BCUT2D eigenvalue weighted by Gasteiger charge is 2.32. The largest absolute Gasteiger partial charge is 0.493 e. The number of fused-ring (bicyclic) bond motifs is 1. The van der Waals surface area contributed by atoms with Gasteiger partial charge in [0.15, 0.2) is 11.5 Å². The summed E-state index contributed by atoms with van der Waals surface area (Å²) in [6.07, 6.45) is 0.793. The van der Waals surface area contributed by atoms with Crippen molar-refractivity contribution in [3.05, 3.63) is 83.9 Å². The Morgan fingerprint density at radius 3 is 2.38 bits per heavy atom. The van der Waals surface area contributed by atoms with Crippen molar-refractivity contribution >= 4 is 23.3 Å². The van der Waals surface area contributed by atoms with E-state index >= 15 is 0 Å². The van der Waals surface area contributed by atoms with Gasteiger partial charge in [0, 0.05) is 24.0 Å². The molecule has 7 nitrogen and oxygen atoms in total. The highest BCUT2D eigenvalue weighted by Crippen LogP contribution is 2.31. The first-order chi connectivity index (χ1) is 15.6. The van der Waals surface area contributed by atoms with Crippen LogP contribution in [-0.2, 0) is 11.2 Å². The van der Waals surface area contributed by atoms with Crippen LogP contribution in [0.3, 0.4) is 0 Å². The van der Waals surface area contributed by atoms with Gasteiger partial charge < -0.3 is 25.0 Å². The standard InChI is InChI=1S/C25H25N3O4/c1-31-21-13-12-19(16-22(21)32-2)26-25(30)27-23(18-9-4-3-5-10-18)24(29)28-15-14-17-8-6-7-11-20(17)28/h3-13,16,23H,14-15H2,1-2H3,(H2,26,27,30)/t23-/m0/s1. The second-order valence-electron chi connectivity index (χ2n) is 7.38. The molecule has 0 radical (unpaired) electrons. The Morgan fingerprint density at radius 1 is 0.906 bits per heavy atom. The SMILES string of the molecule is COc1ccc(NC(=O)N[C@H](C(=O)N2CCc3ccccc32)c2ccccc2)cc1OC. The van der Waals surface area contributed by atoms with Crippen molar-refractivity contribution in [2.24, 2.45) is 0 Å². The van der Waals surface area contributed by atoms with Crippen LogP contribution in [0.15, 0.2) is 72.8 Å². The number of methoxy groups -OCH3 is 2. The van der Waals surface area contributed by atoms with Crippen LogP contribution in [-0.4, -0.2) is 32.7 Å². The molecule has 0 aromatic heterocycles. The monoisotopic (exact) mass is 431 g/mol. The molecule has 4 rings (SSSR count). The van der Waals surface area contributed by atoms with Gasteiger partial charge in [0.25, 0.3) is 5.91 Å². The van der Waals surface area contributed by atoms with Gasteiger partial charge in [0.1, 0.15) is 6.04 Å². The summed E-state index contributed by atoms with van der Waals surface area (Å²) < 4.78 is 10.5. The predicted molar refractivity (Wildman–Crippen MR) is 123 cm³/mol. The summed E-state index contributed by atoms with van der Waals surface area (Å²) >= 11 is 0. The number of carbonyl (C=O) groups excluding carboxylic acids is 2. The molecule has 3 aromatic rings. The molecule has 1 atom stereocenters. The molecule has 1 aliphatic heterocycles. The van der Waals surface area contributed by atoms with Crippen LogP contribution in [0.2, 0.25) is 0 Å². The number of hydrogen-bond acceptors (Lipinski definition) is 4. The van der Waals surface area contributed by atoms with E-state index in [9.17, 15) is 9.59 Å². The van der Waals surface area contributed by atoms with E-state index < -0.39 is 12.1 Å². The van der Waals surface area contributed by atoms with E-state index in [4.69, 9.17) is 9.47 Å². The van der Waals surface area contributed by atoms with Gasteiger partial charge in [-0.15, -0.1) is 0 Å². The molecule has 0 aliphatic carbocycles. The maximum Gasteiger partial charge on any atom is 0.320 e. The van der Waals surface area contributed by atoms with Crippen LogP contribution in [0, 0.1) is 0 Å². The lowest BCUT2D eigenvalue weighted by Crippen LogP contribution is -2.43. The second kappa shape index (κ2) is 9.43. The van der Waals surface area contributed by atoms with Gasteiger partial charge in [0.2, 0.25) is 0 Å². The Balaban J connectivity index is 1.56. The molecule has 0 spiro atoms. The average molecular weight is 431 g/mol. The topological polar surface area (TPSA) is 79.9 Å². The molecular formula is C25H25N3O4. The van der Waals surface area contributed by atoms with Crippen molar-refractivity contribution in [3.8, 4) is 11.5 Å². The molecule has 7 heteroatoms. The van der Waals surface area contributed by atoms with Crippen LogP contribution in [0.25, 0.3) is 0 Å². The average Bonchev–Trinajstić information content (AvgIpc) is 3.27. The first-order valence-electron chi connectivity index (χ1n) is 10.3. The van der Waals surface area contributed by atoms with Gasteiger partial charge >= 0.3 is 6.03 Å². The van der Waals surface area contributed by atoms with Gasteiger partial charge in [0.05, 0.1) is 14.2 Å². The third kappa shape index (κ3) is 4.37. The lowest BCUT2D eigenvalue weighted by molar-refractivity contribution is -0.120. The smallest absolute Gasteiger partial charge is 0.320 e. The molecule has 3 aromatic carbocycles. The number of carbonyl (C=O) groups is 2. The first-order valence-corrected chi connectivity index (χ1v) is 10.3. The zero-order chi connectivity index (χ0) is 22.5. The molecule has 0 saturated heterocycles. The van der Waals surface area contributed by atoms with Gasteiger partial charge in [-0.2, -0.15) is 0 Å². The van der Waals surface area contributed by atoms with Gasteiger partial charge in [-0.05, 0) is 35.7 Å². The van der Waals surface area contributed by atoms with E-state index in [2.05, 4.69) is 10.6 Å². The van der Waals surface area contributed by atoms with Gasteiger partial charge in [-0.3, -0.25) is 4.79 Å². The minimum absolute atomic E-state index is 0.177. The van der Waals surface area contributed by atoms with Gasteiger partial charge in [-0.25, -0.2) is 4.79 Å². The van der Waals surface area contributed by atoms with E-state index in [1.165, 1.54) is 7.11 Å². The number of nitrogens with zero attached hydrogens (tertiary/aromatic N) is 1. The third-order valence-electron chi connectivity index (χ3n) is 5.45. The predicted octanol–water partition coefficient (Wildman–Crippen LogP) is 4.16. The fourth-order valence-corrected chi connectivity index (χ4v) is 3.87. The van der Waals surface area contributed by atoms with Crippen molar-refractivity contribution in [1.82, 2.24) is 5.32 Å². The number of ether oxygens (including phenoxy) is 2. The van der Waals surface area contributed by atoms with Crippen molar-refractivity contribution in [1.29, 1.82) is 0 Å². The van der Waals surface area contributed by atoms with Crippen molar-refractivity contribution < 1.29 is 19.1 Å². The molecule has 0 saturated carbocycles. The first kappa shape index (κ1) is 21.2. The number of para-hydroxylation sites is 1. The molecule has 3 amide bonds. The van der Waals surface area contributed by atoms with Crippen LogP contribution in [0.4, 0.5) is 16.2 Å². The normalized spacial score (nSPS) is 13.1. The van der Waals surface area contributed by atoms with Crippen LogP contribution in [0.1, 0.15) is 17.2 Å². The van der Waals surface area contributed by atoms with Crippen LogP contribution in [0.5, 0.6) is 11.5 Å². The lowest BCUT2D eigenvalue weighted by atomic mass is 10.1. The minimum atomic E-state index is -0.831. The summed E-state index contributed by atoms with van der Waals surface area (Å²) in [6.45, 7) is 0.584. The molecular weight excluding hydrogens is 406 g/mol. The second-order valence-corrected chi connectivity index (χ2v) is 7.38. The summed E-state index contributed by atoms with van der Waals surface area (Å²) in [5.41, 5.74) is 3.25. The van der Waals surface area contributed by atoms with Crippen molar-refractivity contribution in [3.63, 3.8) is 0 Å². The van der Waals surface area contributed by atoms with Crippen LogP contribution < -0.4 is 25.0 Å². The number of amides is 3. The maximum absolute atomic E-state index is 13.5. The Hall–Kier alpha value is -4.00. The fraction of sp³-hybridized carbons (Fsp3) is 0.200. The Morgan fingerprint density at radius 2 is 1.62 bits per heavy atom. The number of urea groups is 1. The van der Waals surface area contributed by atoms with Crippen molar-refractivity contribution in [2.45, 2.75) is 12.5 Å². The van der Waals surface area contributed by atoms with E-state index in [1.54, 1.807) is 30.2 Å². The van der Waals surface area contributed by atoms with Crippen LogP contribution >= 0.6 is 0 Å². The highest BCUT2D eigenvalue weighted by atomic mass is 16.5. The summed E-state index contributed by atoms with van der Waals surface area (Å²) in [7, 11) is 3.07. The Kier molecular flexibility index (Phi) is 6.26. The summed E-state index contributed by atoms with van der Waals surface area (Å²) in [6, 6.07) is 20.8. The third-order valence-corrected chi connectivity index (χ3v) is 5.45. The molecule has 32 heavy (non-hydrogen) atoms. The maximum atomic E-state index is 13.5. The Bertz CT molecular complexity index is 1120. The van der Waals surface area contributed by atoms with E-state index in [1.807, 2.05) is 54.6 Å². The number of benzene rings is 3. The molecule has 2 N–H and O–H groups in total. The number of anilines is 2. The number of nitrogens with one attached hydrogen (secondary N) is 2. The molecule has 1 heterocycles. The summed E-state index contributed by atoms with van der Waals surface area (Å²) in [4.78, 5) is 28.1. The number of rotatable bonds is 6. The minimum Gasteiger partial charge on any atom is -0.493 e.